The lowest BCUT2D eigenvalue weighted by atomic mass is 10.1. The summed E-state index contributed by atoms with van der Waals surface area (Å²) in [6.07, 6.45) is 3.85. The molecular weight excluding hydrogens is 310 g/mol. The van der Waals surface area contributed by atoms with E-state index in [4.69, 9.17) is 4.98 Å². The molecule has 5 heteroatoms. The fraction of sp³-hybridized carbons (Fsp3) is 0. The van der Waals surface area contributed by atoms with Crippen molar-refractivity contribution in [2.45, 2.75) is 0 Å². The van der Waals surface area contributed by atoms with Gasteiger partial charge in [-0.05, 0) is 36.4 Å². The maximum atomic E-state index is 4.84. The third-order valence-corrected chi connectivity index (χ3v) is 4.28. The smallest absolute Gasteiger partial charge is 0.143 e. The standard InChI is InChI=1S/C20H15N5/c1-2-6-16(7-3-1)22-20-19(23-18-8-4-5-11-25(18)20)14-9-10-17-15(12-14)13-21-24-17/h1-13,22H,(H,21,24). The van der Waals surface area contributed by atoms with Crippen LogP contribution in [0.15, 0.2) is 79.1 Å². The number of imidazole rings is 1. The number of anilines is 2. The number of para-hydroxylation sites is 1. The summed E-state index contributed by atoms with van der Waals surface area (Å²) in [6, 6.07) is 22.4. The third kappa shape index (κ3) is 2.33. The van der Waals surface area contributed by atoms with Gasteiger partial charge in [0.15, 0.2) is 0 Å². The summed E-state index contributed by atoms with van der Waals surface area (Å²) in [7, 11) is 0. The summed E-state index contributed by atoms with van der Waals surface area (Å²) in [5.41, 5.74) is 4.92. The maximum absolute atomic E-state index is 4.84. The highest BCUT2D eigenvalue weighted by Crippen LogP contribution is 2.32. The molecule has 2 aromatic carbocycles. The molecule has 0 spiro atoms. The highest BCUT2D eigenvalue weighted by atomic mass is 15.1. The molecule has 0 saturated carbocycles. The Morgan fingerprint density at radius 3 is 2.72 bits per heavy atom. The fourth-order valence-corrected chi connectivity index (χ4v) is 3.06. The van der Waals surface area contributed by atoms with Crippen LogP contribution in [-0.2, 0) is 0 Å². The fourth-order valence-electron chi connectivity index (χ4n) is 3.06. The van der Waals surface area contributed by atoms with E-state index in [-0.39, 0.29) is 0 Å². The van der Waals surface area contributed by atoms with Gasteiger partial charge in [0.2, 0.25) is 0 Å². The van der Waals surface area contributed by atoms with Gasteiger partial charge in [-0.1, -0.05) is 30.3 Å². The highest BCUT2D eigenvalue weighted by Gasteiger charge is 2.14. The van der Waals surface area contributed by atoms with E-state index in [0.29, 0.717) is 0 Å². The van der Waals surface area contributed by atoms with E-state index in [0.717, 1.165) is 39.3 Å². The van der Waals surface area contributed by atoms with Crippen molar-refractivity contribution in [3.05, 3.63) is 79.1 Å². The molecule has 0 saturated heterocycles. The molecule has 2 N–H and O–H groups in total. The van der Waals surface area contributed by atoms with E-state index in [1.165, 1.54) is 0 Å². The number of pyridine rings is 1. The van der Waals surface area contributed by atoms with Crippen LogP contribution in [0.1, 0.15) is 0 Å². The lowest BCUT2D eigenvalue weighted by Gasteiger charge is -2.09. The summed E-state index contributed by atoms with van der Waals surface area (Å²) >= 11 is 0. The molecule has 5 rings (SSSR count). The number of rotatable bonds is 3. The van der Waals surface area contributed by atoms with Crippen LogP contribution in [0, 0.1) is 0 Å². The van der Waals surface area contributed by atoms with Crippen LogP contribution in [0.4, 0.5) is 11.5 Å². The van der Waals surface area contributed by atoms with E-state index < -0.39 is 0 Å². The van der Waals surface area contributed by atoms with Gasteiger partial charge < -0.3 is 5.32 Å². The van der Waals surface area contributed by atoms with Gasteiger partial charge in [-0.15, -0.1) is 0 Å². The second-order valence-corrected chi connectivity index (χ2v) is 5.90. The van der Waals surface area contributed by atoms with Crippen molar-refractivity contribution >= 4 is 28.1 Å². The number of aromatic nitrogens is 4. The molecule has 0 radical (unpaired) electrons. The summed E-state index contributed by atoms with van der Waals surface area (Å²) < 4.78 is 2.07. The number of fused-ring (bicyclic) bond motifs is 2. The summed E-state index contributed by atoms with van der Waals surface area (Å²) in [4.78, 5) is 4.84. The molecule has 3 aromatic heterocycles. The largest absolute Gasteiger partial charge is 0.339 e. The molecule has 0 fully saturated rings. The molecule has 0 atom stereocenters. The number of hydrogen-bond acceptors (Lipinski definition) is 3. The van der Waals surface area contributed by atoms with Crippen molar-refractivity contribution < 1.29 is 0 Å². The Bertz CT molecular complexity index is 1170. The molecule has 5 aromatic rings. The molecule has 5 nitrogen and oxygen atoms in total. The summed E-state index contributed by atoms with van der Waals surface area (Å²) in [5, 5.41) is 11.7. The van der Waals surface area contributed by atoms with Crippen LogP contribution in [-0.4, -0.2) is 19.6 Å². The molecule has 0 aliphatic carbocycles. The Hall–Kier alpha value is -3.60. The van der Waals surface area contributed by atoms with Crippen molar-refractivity contribution in [1.82, 2.24) is 19.6 Å². The van der Waals surface area contributed by atoms with Crippen LogP contribution in [0.25, 0.3) is 27.8 Å². The van der Waals surface area contributed by atoms with Crippen LogP contribution in [0.3, 0.4) is 0 Å². The number of nitrogens with one attached hydrogen (secondary N) is 2. The van der Waals surface area contributed by atoms with E-state index in [2.05, 4.69) is 32.0 Å². The molecule has 120 valence electrons. The summed E-state index contributed by atoms with van der Waals surface area (Å²) in [5.74, 6) is 0.949. The Morgan fingerprint density at radius 1 is 0.920 bits per heavy atom. The topological polar surface area (TPSA) is 58.0 Å². The molecule has 0 amide bonds. The van der Waals surface area contributed by atoms with Crippen molar-refractivity contribution in [1.29, 1.82) is 0 Å². The van der Waals surface area contributed by atoms with Gasteiger partial charge in [-0.25, -0.2) is 4.98 Å². The highest BCUT2D eigenvalue weighted by molar-refractivity contribution is 5.87. The minimum absolute atomic E-state index is 0.906. The van der Waals surface area contributed by atoms with E-state index in [1.807, 2.05) is 67.0 Å². The van der Waals surface area contributed by atoms with Gasteiger partial charge in [-0.2, -0.15) is 5.10 Å². The maximum Gasteiger partial charge on any atom is 0.143 e. The van der Waals surface area contributed by atoms with Crippen molar-refractivity contribution in [2.75, 3.05) is 5.32 Å². The number of H-pyrrole nitrogens is 1. The molecular formula is C20H15N5. The van der Waals surface area contributed by atoms with Crippen LogP contribution in [0.2, 0.25) is 0 Å². The SMILES string of the molecule is c1ccc(Nc2c(-c3ccc4[nH]ncc4c3)nc3ccccn23)cc1. The monoisotopic (exact) mass is 325 g/mol. The van der Waals surface area contributed by atoms with E-state index in [9.17, 15) is 0 Å². The Labute approximate surface area is 144 Å². The predicted molar refractivity (Wildman–Crippen MR) is 100 cm³/mol. The van der Waals surface area contributed by atoms with Gasteiger partial charge in [-0.3, -0.25) is 9.50 Å². The molecule has 0 aliphatic rings. The minimum atomic E-state index is 0.906. The van der Waals surface area contributed by atoms with Gasteiger partial charge in [0, 0.05) is 22.8 Å². The summed E-state index contributed by atoms with van der Waals surface area (Å²) in [6.45, 7) is 0. The number of nitrogens with zero attached hydrogens (tertiary/aromatic N) is 3. The second kappa shape index (κ2) is 5.49. The molecule has 3 heterocycles. The zero-order valence-electron chi connectivity index (χ0n) is 13.3. The van der Waals surface area contributed by atoms with Crippen molar-refractivity contribution in [3.63, 3.8) is 0 Å². The van der Waals surface area contributed by atoms with Crippen LogP contribution in [0.5, 0.6) is 0 Å². The van der Waals surface area contributed by atoms with Crippen LogP contribution < -0.4 is 5.32 Å². The van der Waals surface area contributed by atoms with E-state index in [1.54, 1.807) is 0 Å². The van der Waals surface area contributed by atoms with Crippen molar-refractivity contribution in [2.24, 2.45) is 0 Å². The molecule has 0 aliphatic heterocycles. The Morgan fingerprint density at radius 2 is 1.80 bits per heavy atom. The number of benzene rings is 2. The predicted octanol–water partition coefficient (Wildman–Crippen LogP) is 4.62. The lowest BCUT2D eigenvalue weighted by molar-refractivity contribution is 1.12. The van der Waals surface area contributed by atoms with Gasteiger partial charge in [0.05, 0.1) is 11.7 Å². The first-order chi connectivity index (χ1) is 12.4. The van der Waals surface area contributed by atoms with Gasteiger partial charge in [0.25, 0.3) is 0 Å². The van der Waals surface area contributed by atoms with E-state index >= 15 is 0 Å². The Balaban J connectivity index is 1.72. The number of hydrogen-bond donors (Lipinski definition) is 2. The molecule has 0 bridgehead atoms. The Kier molecular flexibility index (Phi) is 3.03. The van der Waals surface area contributed by atoms with Crippen LogP contribution >= 0.6 is 0 Å². The first-order valence-electron chi connectivity index (χ1n) is 8.11. The molecule has 0 unspecified atom stereocenters. The van der Waals surface area contributed by atoms with Gasteiger partial charge >= 0.3 is 0 Å². The first-order valence-corrected chi connectivity index (χ1v) is 8.11. The zero-order valence-corrected chi connectivity index (χ0v) is 13.3. The average molecular weight is 325 g/mol. The third-order valence-electron chi connectivity index (χ3n) is 4.28. The second-order valence-electron chi connectivity index (χ2n) is 5.90. The van der Waals surface area contributed by atoms with Gasteiger partial charge in [0.1, 0.15) is 17.2 Å². The zero-order chi connectivity index (χ0) is 16.6. The van der Waals surface area contributed by atoms with Crippen molar-refractivity contribution in [3.8, 4) is 11.3 Å². The quantitative estimate of drug-likeness (QED) is 0.509. The average Bonchev–Trinajstić information content (AvgIpc) is 3.27. The minimum Gasteiger partial charge on any atom is -0.339 e. The lowest BCUT2D eigenvalue weighted by Crippen LogP contribution is -1.96. The molecule has 25 heavy (non-hydrogen) atoms. The first kappa shape index (κ1) is 13.8. The number of aromatic amines is 1. The normalized spacial score (nSPS) is 11.2.